The third kappa shape index (κ3) is 3.79. The highest BCUT2D eigenvalue weighted by atomic mass is 16.5. The minimum absolute atomic E-state index is 0.0384. The first-order valence-corrected chi connectivity index (χ1v) is 6.35. The Morgan fingerprint density at radius 2 is 2.16 bits per heavy atom. The topological polar surface area (TPSA) is 81.4 Å². The Bertz CT molecular complexity index is 495. The number of primary amides is 1. The van der Waals surface area contributed by atoms with Crippen LogP contribution in [0.15, 0.2) is 18.2 Å². The highest BCUT2D eigenvalue weighted by Gasteiger charge is 2.21. The van der Waals surface area contributed by atoms with E-state index in [0.29, 0.717) is 29.3 Å². The SMILES string of the molecule is Cc1c(NC(=O)COCC2CC2)cccc1C(N)=O. The molecule has 1 fully saturated rings. The molecule has 0 unspecified atom stereocenters. The number of hydrogen-bond donors (Lipinski definition) is 2. The molecular formula is C14H18N2O3. The second-order valence-corrected chi connectivity index (χ2v) is 4.85. The van der Waals surface area contributed by atoms with Crippen LogP contribution in [0.25, 0.3) is 0 Å². The second kappa shape index (κ2) is 5.84. The summed E-state index contributed by atoms with van der Waals surface area (Å²) in [6.07, 6.45) is 2.39. The van der Waals surface area contributed by atoms with Crippen LogP contribution in [0, 0.1) is 12.8 Å². The van der Waals surface area contributed by atoms with E-state index in [1.165, 1.54) is 12.8 Å². The highest BCUT2D eigenvalue weighted by Crippen LogP contribution is 2.28. The molecule has 0 aliphatic heterocycles. The van der Waals surface area contributed by atoms with Crippen molar-refractivity contribution in [3.63, 3.8) is 0 Å². The minimum Gasteiger partial charge on any atom is -0.371 e. The number of carbonyl (C=O) groups is 2. The molecule has 1 aromatic rings. The molecule has 1 saturated carbocycles. The summed E-state index contributed by atoms with van der Waals surface area (Å²) in [4.78, 5) is 22.9. The summed E-state index contributed by atoms with van der Waals surface area (Å²) < 4.78 is 5.31. The number of nitrogens with two attached hydrogens (primary N) is 1. The van der Waals surface area contributed by atoms with Gasteiger partial charge in [0.15, 0.2) is 0 Å². The summed E-state index contributed by atoms with van der Waals surface area (Å²) in [6.45, 7) is 2.44. The van der Waals surface area contributed by atoms with E-state index in [-0.39, 0.29) is 12.5 Å². The highest BCUT2D eigenvalue weighted by molar-refractivity contribution is 5.98. The minimum atomic E-state index is -0.501. The fraction of sp³-hybridized carbons (Fsp3) is 0.429. The third-order valence-electron chi connectivity index (χ3n) is 3.16. The van der Waals surface area contributed by atoms with Crippen molar-refractivity contribution < 1.29 is 14.3 Å². The van der Waals surface area contributed by atoms with Crippen LogP contribution in [0.2, 0.25) is 0 Å². The van der Waals surface area contributed by atoms with E-state index in [1.54, 1.807) is 25.1 Å². The lowest BCUT2D eigenvalue weighted by Gasteiger charge is -2.11. The zero-order valence-electron chi connectivity index (χ0n) is 10.9. The maximum atomic E-state index is 11.7. The summed E-state index contributed by atoms with van der Waals surface area (Å²) in [5.41, 5.74) is 6.94. The van der Waals surface area contributed by atoms with Gasteiger partial charge in [-0.1, -0.05) is 6.07 Å². The van der Waals surface area contributed by atoms with Gasteiger partial charge in [-0.3, -0.25) is 9.59 Å². The van der Waals surface area contributed by atoms with Crippen LogP contribution in [0.5, 0.6) is 0 Å². The van der Waals surface area contributed by atoms with E-state index < -0.39 is 5.91 Å². The molecule has 1 aliphatic rings. The summed E-state index contributed by atoms with van der Waals surface area (Å²) in [5.74, 6) is -0.0864. The zero-order chi connectivity index (χ0) is 13.8. The smallest absolute Gasteiger partial charge is 0.250 e. The van der Waals surface area contributed by atoms with Crippen molar-refractivity contribution in [1.29, 1.82) is 0 Å². The molecule has 2 amide bonds. The number of ether oxygens (including phenoxy) is 1. The Hall–Kier alpha value is -1.88. The molecule has 3 N–H and O–H groups in total. The van der Waals surface area contributed by atoms with Gasteiger partial charge < -0.3 is 15.8 Å². The summed E-state index contributed by atoms with van der Waals surface area (Å²) in [6, 6.07) is 5.06. The molecular weight excluding hydrogens is 244 g/mol. The van der Waals surface area contributed by atoms with Crippen LogP contribution in [-0.4, -0.2) is 25.0 Å². The van der Waals surface area contributed by atoms with Crippen LogP contribution in [0.3, 0.4) is 0 Å². The van der Waals surface area contributed by atoms with E-state index in [4.69, 9.17) is 10.5 Å². The number of hydrogen-bond acceptors (Lipinski definition) is 3. The van der Waals surface area contributed by atoms with Gasteiger partial charge in [0, 0.05) is 11.3 Å². The van der Waals surface area contributed by atoms with Gasteiger partial charge in [-0.2, -0.15) is 0 Å². The quantitative estimate of drug-likeness (QED) is 0.814. The normalized spacial score (nSPS) is 14.2. The Balaban J connectivity index is 1.91. The number of carbonyl (C=O) groups excluding carboxylic acids is 2. The van der Waals surface area contributed by atoms with Crippen LogP contribution >= 0.6 is 0 Å². The predicted molar refractivity (Wildman–Crippen MR) is 71.9 cm³/mol. The average molecular weight is 262 g/mol. The van der Waals surface area contributed by atoms with Gasteiger partial charge >= 0.3 is 0 Å². The van der Waals surface area contributed by atoms with Crippen molar-refractivity contribution >= 4 is 17.5 Å². The van der Waals surface area contributed by atoms with Gasteiger partial charge in [-0.15, -0.1) is 0 Å². The lowest BCUT2D eigenvalue weighted by Crippen LogP contribution is -2.21. The molecule has 0 spiro atoms. The molecule has 5 nitrogen and oxygen atoms in total. The third-order valence-corrected chi connectivity index (χ3v) is 3.16. The van der Waals surface area contributed by atoms with Gasteiger partial charge in [0.2, 0.25) is 11.8 Å². The standard InChI is InChI=1S/C14H18N2O3/c1-9-11(14(15)18)3-2-4-12(9)16-13(17)8-19-7-10-5-6-10/h2-4,10H,5-8H2,1H3,(H2,15,18)(H,16,17). The molecule has 0 saturated heterocycles. The van der Waals surface area contributed by atoms with Crippen LogP contribution in [-0.2, 0) is 9.53 Å². The van der Waals surface area contributed by atoms with Crippen LogP contribution < -0.4 is 11.1 Å². The fourth-order valence-corrected chi connectivity index (χ4v) is 1.83. The lowest BCUT2D eigenvalue weighted by atomic mass is 10.1. The number of anilines is 1. The maximum absolute atomic E-state index is 11.7. The van der Waals surface area contributed by atoms with Gasteiger partial charge in [0.25, 0.3) is 0 Å². The Labute approximate surface area is 112 Å². The van der Waals surface area contributed by atoms with Crippen molar-refractivity contribution in [2.45, 2.75) is 19.8 Å². The molecule has 19 heavy (non-hydrogen) atoms. The van der Waals surface area contributed by atoms with Gasteiger partial charge in [0.05, 0.1) is 6.61 Å². The molecule has 102 valence electrons. The molecule has 2 rings (SSSR count). The molecule has 0 radical (unpaired) electrons. The van der Waals surface area contributed by atoms with Crippen molar-refractivity contribution in [2.24, 2.45) is 11.7 Å². The zero-order valence-corrected chi connectivity index (χ0v) is 10.9. The lowest BCUT2D eigenvalue weighted by molar-refractivity contribution is -0.120. The first-order valence-electron chi connectivity index (χ1n) is 6.35. The summed E-state index contributed by atoms with van der Waals surface area (Å²) in [7, 11) is 0. The average Bonchev–Trinajstić information content (AvgIpc) is 3.15. The number of rotatable bonds is 6. The molecule has 0 heterocycles. The monoisotopic (exact) mass is 262 g/mol. The molecule has 1 aromatic carbocycles. The molecule has 1 aliphatic carbocycles. The number of amides is 2. The van der Waals surface area contributed by atoms with E-state index in [1.807, 2.05) is 0 Å². The van der Waals surface area contributed by atoms with E-state index in [9.17, 15) is 9.59 Å². The van der Waals surface area contributed by atoms with Crippen molar-refractivity contribution in [1.82, 2.24) is 0 Å². The first-order chi connectivity index (χ1) is 9.08. The fourth-order valence-electron chi connectivity index (χ4n) is 1.83. The van der Waals surface area contributed by atoms with Crippen molar-refractivity contribution in [2.75, 3.05) is 18.5 Å². The van der Waals surface area contributed by atoms with Crippen LogP contribution in [0.4, 0.5) is 5.69 Å². The van der Waals surface area contributed by atoms with Crippen LogP contribution in [0.1, 0.15) is 28.8 Å². The maximum Gasteiger partial charge on any atom is 0.250 e. The summed E-state index contributed by atoms with van der Waals surface area (Å²) >= 11 is 0. The Morgan fingerprint density at radius 3 is 2.79 bits per heavy atom. The number of benzene rings is 1. The molecule has 0 bridgehead atoms. The van der Waals surface area contributed by atoms with E-state index >= 15 is 0 Å². The number of nitrogens with one attached hydrogen (secondary N) is 1. The molecule has 5 heteroatoms. The Kier molecular flexibility index (Phi) is 4.16. The largest absolute Gasteiger partial charge is 0.371 e. The van der Waals surface area contributed by atoms with E-state index in [0.717, 1.165) is 0 Å². The van der Waals surface area contributed by atoms with E-state index in [2.05, 4.69) is 5.32 Å². The summed E-state index contributed by atoms with van der Waals surface area (Å²) in [5, 5.41) is 2.73. The predicted octanol–water partition coefficient (Wildman–Crippen LogP) is 1.46. The Morgan fingerprint density at radius 1 is 1.42 bits per heavy atom. The van der Waals surface area contributed by atoms with Gasteiger partial charge in [0.1, 0.15) is 6.61 Å². The van der Waals surface area contributed by atoms with Crippen molar-refractivity contribution in [3.8, 4) is 0 Å². The van der Waals surface area contributed by atoms with Crippen molar-refractivity contribution in [3.05, 3.63) is 29.3 Å². The second-order valence-electron chi connectivity index (χ2n) is 4.85. The first kappa shape index (κ1) is 13.5. The molecule has 0 aromatic heterocycles. The van der Waals surface area contributed by atoms with Gasteiger partial charge in [-0.25, -0.2) is 0 Å². The molecule has 0 atom stereocenters. The van der Waals surface area contributed by atoms with Gasteiger partial charge in [-0.05, 0) is 43.4 Å².